The topological polar surface area (TPSA) is 55.4 Å². The summed E-state index contributed by atoms with van der Waals surface area (Å²) in [4.78, 5) is 23.6. The van der Waals surface area contributed by atoms with E-state index in [-0.39, 0.29) is 15.6 Å². The predicted molar refractivity (Wildman–Crippen MR) is 89.7 cm³/mol. The van der Waals surface area contributed by atoms with Crippen molar-refractivity contribution in [3.8, 4) is 0 Å². The van der Waals surface area contributed by atoms with Gasteiger partial charge in [-0.25, -0.2) is 9.18 Å². The van der Waals surface area contributed by atoms with Crippen LogP contribution in [-0.2, 0) is 16.1 Å². The molecule has 0 bridgehead atoms. The van der Waals surface area contributed by atoms with Gasteiger partial charge >= 0.3 is 5.97 Å². The van der Waals surface area contributed by atoms with Gasteiger partial charge in [-0.3, -0.25) is 4.79 Å². The first-order valence-electron chi connectivity index (χ1n) is 7.01. The normalized spacial score (nSPS) is 10.3. The number of aryl methyl sites for hydroxylation is 1. The number of ether oxygens (including phenoxy) is 1. The molecule has 0 spiro atoms. The van der Waals surface area contributed by atoms with Gasteiger partial charge in [0.25, 0.3) is 5.91 Å². The summed E-state index contributed by atoms with van der Waals surface area (Å²) >= 11 is 11.4. The van der Waals surface area contributed by atoms with Gasteiger partial charge in [0.1, 0.15) is 5.82 Å². The molecular formula is C17H14Cl2FNO3. The van der Waals surface area contributed by atoms with Gasteiger partial charge in [-0.1, -0.05) is 47.5 Å². The Balaban J connectivity index is 1.89. The fourth-order valence-electron chi connectivity index (χ4n) is 1.94. The van der Waals surface area contributed by atoms with Crippen molar-refractivity contribution in [2.75, 3.05) is 6.61 Å². The largest absolute Gasteiger partial charge is 0.452 e. The van der Waals surface area contributed by atoms with Crippen molar-refractivity contribution in [2.24, 2.45) is 0 Å². The van der Waals surface area contributed by atoms with Crippen LogP contribution < -0.4 is 5.32 Å². The Kier molecular flexibility index (Phi) is 6.17. The average molecular weight is 370 g/mol. The van der Waals surface area contributed by atoms with Crippen LogP contribution in [0.3, 0.4) is 0 Å². The molecule has 0 aliphatic carbocycles. The Morgan fingerprint density at radius 1 is 1.17 bits per heavy atom. The maximum atomic E-state index is 13.4. The Morgan fingerprint density at radius 3 is 2.58 bits per heavy atom. The molecule has 0 unspecified atom stereocenters. The quantitative estimate of drug-likeness (QED) is 0.641. The summed E-state index contributed by atoms with van der Waals surface area (Å²) in [6, 6.07) is 9.56. The van der Waals surface area contributed by atoms with E-state index in [1.165, 1.54) is 0 Å². The van der Waals surface area contributed by atoms with Crippen LogP contribution >= 0.6 is 23.2 Å². The maximum Gasteiger partial charge on any atom is 0.340 e. The van der Waals surface area contributed by atoms with Crippen LogP contribution in [0.25, 0.3) is 0 Å². The van der Waals surface area contributed by atoms with Crippen LogP contribution in [-0.4, -0.2) is 18.5 Å². The first kappa shape index (κ1) is 18.2. The molecule has 1 N–H and O–H groups in total. The van der Waals surface area contributed by atoms with Gasteiger partial charge in [0.2, 0.25) is 0 Å². The van der Waals surface area contributed by atoms with Gasteiger partial charge in [0.15, 0.2) is 6.61 Å². The van der Waals surface area contributed by atoms with Gasteiger partial charge in [-0.05, 0) is 30.2 Å². The van der Waals surface area contributed by atoms with E-state index < -0.39 is 24.3 Å². The number of amides is 1. The van der Waals surface area contributed by atoms with Gasteiger partial charge in [-0.2, -0.15) is 0 Å². The minimum absolute atomic E-state index is 0.0493. The standard InChI is InChI=1S/C17H14Cl2FNO3/c1-10-4-2-3-5-11(10)8-21-16(22)9-24-17(23)12-6-15(20)14(19)7-13(12)18/h2-7H,8-9H2,1H3,(H,21,22). The highest BCUT2D eigenvalue weighted by molar-refractivity contribution is 6.36. The molecule has 7 heteroatoms. The SMILES string of the molecule is Cc1ccccc1CNC(=O)COC(=O)c1cc(F)c(Cl)cc1Cl. The number of hydrogen-bond acceptors (Lipinski definition) is 3. The molecule has 2 rings (SSSR count). The minimum atomic E-state index is -0.901. The van der Waals surface area contributed by atoms with E-state index in [1.54, 1.807) is 0 Å². The summed E-state index contributed by atoms with van der Waals surface area (Å²) in [5, 5.41) is 2.39. The molecule has 0 saturated carbocycles. The van der Waals surface area contributed by atoms with E-state index in [0.29, 0.717) is 6.54 Å². The van der Waals surface area contributed by atoms with Crippen LogP contribution in [0.5, 0.6) is 0 Å². The monoisotopic (exact) mass is 369 g/mol. The van der Waals surface area contributed by atoms with Gasteiger partial charge < -0.3 is 10.1 Å². The van der Waals surface area contributed by atoms with Crippen molar-refractivity contribution in [3.63, 3.8) is 0 Å². The number of benzene rings is 2. The zero-order valence-corrected chi connectivity index (χ0v) is 14.2. The number of esters is 1. The van der Waals surface area contributed by atoms with E-state index in [0.717, 1.165) is 23.3 Å². The summed E-state index contributed by atoms with van der Waals surface area (Å²) in [6.07, 6.45) is 0. The van der Waals surface area contributed by atoms with Crippen LogP contribution in [0.1, 0.15) is 21.5 Å². The first-order chi connectivity index (χ1) is 11.4. The number of nitrogens with one attached hydrogen (secondary N) is 1. The molecule has 0 saturated heterocycles. The number of rotatable bonds is 5. The van der Waals surface area contributed by atoms with Gasteiger partial charge in [-0.15, -0.1) is 0 Å². The van der Waals surface area contributed by atoms with E-state index in [4.69, 9.17) is 27.9 Å². The third-order valence-electron chi connectivity index (χ3n) is 3.30. The highest BCUT2D eigenvalue weighted by Crippen LogP contribution is 2.24. The lowest BCUT2D eigenvalue weighted by Crippen LogP contribution is -2.28. The summed E-state index contributed by atoms with van der Waals surface area (Å²) in [5.41, 5.74) is 1.81. The zero-order chi connectivity index (χ0) is 17.7. The number of hydrogen-bond donors (Lipinski definition) is 1. The summed E-state index contributed by atoms with van der Waals surface area (Å²) in [7, 11) is 0. The Hall–Kier alpha value is -2.11. The molecular weight excluding hydrogens is 356 g/mol. The third-order valence-corrected chi connectivity index (χ3v) is 3.90. The minimum Gasteiger partial charge on any atom is -0.452 e. The van der Waals surface area contributed by atoms with Crippen LogP contribution in [0.15, 0.2) is 36.4 Å². The maximum absolute atomic E-state index is 13.4. The second-order valence-electron chi connectivity index (χ2n) is 5.03. The second kappa shape index (κ2) is 8.13. The molecule has 0 aromatic heterocycles. The first-order valence-corrected chi connectivity index (χ1v) is 7.77. The van der Waals surface area contributed by atoms with Crippen molar-refractivity contribution in [3.05, 3.63) is 69.0 Å². The number of carbonyl (C=O) groups excluding carboxylic acids is 2. The Morgan fingerprint density at radius 2 is 1.88 bits per heavy atom. The molecule has 2 aromatic carbocycles. The molecule has 2 aromatic rings. The molecule has 0 aliphatic heterocycles. The van der Waals surface area contributed by atoms with Crippen molar-refractivity contribution in [1.82, 2.24) is 5.32 Å². The van der Waals surface area contributed by atoms with Crippen LogP contribution in [0.4, 0.5) is 4.39 Å². The lowest BCUT2D eigenvalue weighted by atomic mass is 10.1. The van der Waals surface area contributed by atoms with Gasteiger partial charge in [0, 0.05) is 6.54 Å². The highest BCUT2D eigenvalue weighted by Gasteiger charge is 2.16. The van der Waals surface area contributed by atoms with Crippen molar-refractivity contribution in [2.45, 2.75) is 13.5 Å². The molecule has 0 aliphatic rings. The Labute approximate surface area is 148 Å². The Bertz CT molecular complexity index is 780. The molecule has 126 valence electrons. The highest BCUT2D eigenvalue weighted by atomic mass is 35.5. The molecule has 0 atom stereocenters. The molecule has 0 fully saturated rings. The molecule has 0 radical (unpaired) electrons. The molecule has 0 heterocycles. The molecule has 4 nitrogen and oxygen atoms in total. The van der Waals surface area contributed by atoms with E-state index >= 15 is 0 Å². The summed E-state index contributed by atoms with van der Waals surface area (Å²) in [6.45, 7) is 1.75. The third kappa shape index (κ3) is 4.69. The van der Waals surface area contributed by atoms with Crippen molar-refractivity contribution < 1.29 is 18.7 Å². The molecule has 24 heavy (non-hydrogen) atoms. The summed E-state index contributed by atoms with van der Waals surface area (Å²) < 4.78 is 18.2. The zero-order valence-electron chi connectivity index (χ0n) is 12.7. The summed E-state index contributed by atoms with van der Waals surface area (Å²) in [5.74, 6) is -2.17. The lowest BCUT2D eigenvalue weighted by Gasteiger charge is -2.09. The fourth-order valence-corrected chi connectivity index (χ4v) is 2.40. The number of carbonyl (C=O) groups is 2. The van der Waals surface area contributed by atoms with E-state index in [1.807, 2.05) is 31.2 Å². The molecule has 1 amide bonds. The predicted octanol–water partition coefficient (Wildman–Crippen LogP) is 3.91. The smallest absolute Gasteiger partial charge is 0.340 e. The van der Waals surface area contributed by atoms with Gasteiger partial charge in [0.05, 0.1) is 15.6 Å². The lowest BCUT2D eigenvalue weighted by molar-refractivity contribution is -0.124. The average Bonchev–Trinajstić information content (AvgIpc) is 2.55. The van der Waals surface area contributed by atoms with E-state index in [2.05, 4.69) is 5.32 Å². The van der Waals surface area contributed by atoms with E-state index in [9.17, 15) is 14.0 Å². The van der Waals surface area contributed by atoms with Crippen LogP contribution in [0, 0.1) is 12.7 Å². The van der Waals surface area contributed by atoms with Crippen molar-refractivity contribution in [1.29, 1.82) is 0 Å². The van der Waals surface area contributed by atoms with Crippen LogP contribution in [0.2, 0.25) is 10.0 Å². The fraction of sp³-hybridized carbons (Fsp3) is 0.176. The number of halogens is 3. The second-order valence-corrected chi connectivity index (χ2v) is 5.84. The van der Waals surface area contributed by atoms with Crippen molar-refractivity contribution >= 4 is 35.1 Å².